The lowest BCUT2D eigenvalue weighted by molar-refractivity contribution is -0.116. The number of nitrogens with zero attached hydrogens (tertiary/aromatic N) is 1. The molecule has 1 N–H and O–H groups in total. The van der Waals surface area contributed by atoms with E-state index in [9.17, 15) is 4.79 Å². The summed E-state index contributed by atoms with van der Waals surface area (Å²) in [5.74, 6) is 0.713. The first-order valence-corrected chi connectivity index (χ1v) is 7.96. The zero-order valence-electron chi connectivity index (χ0n) is 13.9. The van der Waals surface area contributed by atoms with Crippen molar-refractivity contribution < 1.29 is 9.53 Å². The van der Waals surface area contributed by atoms with E-state index in [4.69, 9.17) is 4.74 Å². The predicted molar refractivity (Wildman–Crippen MR) is 96.4 cm³/mol. The van der Waals surface area contributed by atoms with Crippen LogP contribution in [0.1, 0.15) is 17.5 Å². The van der Waals surface area contributed by atoms with Gasteiger partial charge in [0.2, 0.25) is 5.91 Å². The molecule has 0 aliphatic heterocycles. The molecule has 2 aromatic carbocycles. The number of para-hydroxylation sites is 1. The second kappa shape index (κ2) is 7.13. The topological polar surface area (TPSA) is 51.2 Å². The Morgan fingerprint density at radius 1 is 1.08 bits per heavy atom. The van der Waals surface area contributed by atoms with Gasteiger partial charge in [0.25, 0.3) is 0 Å². The molecule has 3 aromatic rings. The van der Waals surface area contributed by atoms with Crippen molar-refractivity contribution in [2.75, 3.05) is 11.9 Å². The van der Waals surface area contributed by atoms with Gasteiger partial charge in [-0.1, -0.05) is 24.3 Å². The van der Waals surface area contributed by atoms with Crippen molar-refractivity contribution in [3.05, 3.63) is 65.9 Å². The van der Waals surface area contributed by atoms with Crippen LogP contribution in [0.4, 0.5) is 5.69 Å². The summed E-state index contributed by atoms with van der Waals surface area (Å²) < 4.78 is 5.69. The molecule has 0 unspecified atom stereocenters. The normalized spacial score (nSPS) is 10.6. The van der Waals surface area contributed by atoms with E-state index >= 15 is 0 Å². The molecule has 0 radical (unpaired) electrons. The number of rotatable bonds is 5. The van der Waals surface area contributed by atoms with Crippen LogP contribution in [0.15, 0.2) is 54.7 Å². The van der Waals surface area contributed by atoms with Crippen molar-refractivity contribution >= 4 is 22.5 Å². The number of nitrogens with one attached hydrogen (secondary N) is 1. The van der Waals surface area contributed by atoms with Crippen molar-refractivity contribution in [1.82, 2.24) is 4.98 Å². The van der Waals surface area contributed by atoms with Gasteiger partial charge in [-0.25, -0.2) is 0 Å². The number of hydrogen-bond donors (Lipinski definition) is 1. The molecular formula is C20H20N2O2. The molecule has 3 rings (SSSR count). The van der Waals surface area contributed by atoms with Gasteiger partial charge < -0.3 is 10.1 Å². The Kier molecular flexibility index (Phi) is 4.75. The smallest absolute Gasteiger partial charge is 0.227 e. The summed E-state index contributed by atoms with van der Waals surface area (Å²) in [5, 5.41) is 3.91. The summed E-state index contributed by atoms with van der Waals surface area (Å²) in [7, 11) is 0. The molecule has 1 aromatic heterocycles. The highest BCUT2D eigenvalue weighted by atomic mass is 16.5. The second-order valence-electron chi connectivity index (χ2n) is 5.85. The SMILES string of the molecule is Cc1cc(C)cc(OCCC(=O)Nc2cccc3cccnc23)c1. The van der Waals surface area contributed by atoms with Gasteiger partial charge in [0, 0.05) is 11.6 Å². The van der Waals surface area contributed by atoms with Crippen LogP contribution >= 0.6 is 0 Å². The van der Waals surface area contributed by atoms with Gasteiger partial charge >= 0.3 is 0 Å². The number of anilines is 1. The Bertz CT molecular complexity index is 849. The molecule has 0 spiro atoms. The molecule has 4 nitrogen and oxygen atoms in total. The Morgan fingerprint density at radius 2 is 1.83 bits per heavy atom. The van der Waals surface area contributed by atoms with E-state index in [1.807, 2.05) is 56.3 Å². The van der Waals surface area contributed by atoms with Gasteiger partial charge in [0.1, 0.15) is 5.75 Å². The van der Waals surface area contributed by atoms with Crippen LogP contribution in [0.3, 0.4) is 0 Å². The summed E-state index contributed by atoms with van der Waals surface area (Å²) >= 11 is 0. The second-order valence-corrected chi connectivity index (χ2v) is 5.85. The third-order valence-corrected chi connectivity index (χ3v) is 3.70. The summed E-state index contributed by atoms with van der Waals surface area (Å²) in [6.45, 7) is 4.40. The Balaban J connectivity index is 1.59. The van der Waals surface area contributed by atoms with E-state index in [0.717, 1.165) is 33.5 Å². The van der Waals surface area contributed by atoms with Gasteiger partial charge in [-0.05, 0) is 49.2 Å². The van der Waals surface area contributed by atoms with Crippen LogP contribution in [0, 0.1) is 13.8 Å². The minimum Gasteiger partial charge on any atom is -0.493 e. The van der Waals surface area contributed by atoms with E-state index in [0.29, 0.717) is 6.61 Å². The number of amides is 1. The highest BCUT2D eigenvalue weighted by Gasteiger charge is 2.07. The average Bonchev–Trinajstić information content (AvgIpc) is 2.54. The average molecular weight is 320 g/mol. The number of aryl methyl sites for hydroxylation is 2. The summed E-state index contributed by atoms with van der Waals surface area (Å²) in [5.41, 5.74) is 3.82. The molecule has 4 heteroatoms. The van der Waals surface area contributed by atoms with E-state index < -0.39 is 0 Å². The van der Waals surface area contributed by atoms with Crippen LogP contribution in [0.2, 0.25) is 0 Å². The number of ether oxygens (including phenoxy) is 1. The largest absolute Gasteiger partial charge is 0.493 e. The zero-order chi connectivity index (χ0) is 16.9. The van der Waals surface area contributed by atoms with Crippen LogP contribution in [0.25, 0.3) is 10.9 Å². The van der Waals surface area contributed by atoms with Crippen molar-refractivity contribution in [3.63, 3.8) is 0 Å². The summed E-state index contributed by atoms with van der Waals surface area (Å²) in [6.07, 6.45) is 2.01. The maximum atomic E-state index is 12.2. The predicted octanol–water partition coefficient (Wildman–Crippen LogP) is 4.26. The summed E-state index contributed by atoms with van der Waals surface area (Å²) in [4.78, 5) is 16.5. The number of benzene rings is 2. The Hall–Kier alpha value is -2.88. The van der Waals surface area contributed by atoms with Crippen LogP contribution in [-0.4, -0.2) is 17.5 Å². The van der Waals surface area contributed by atoms with Crippen molar-refractivity contribution in [2.24, 2.45) is 0 Å². The first-order chi connectivity index (χ1) is 11.6. The van der Waals surface area contributed by atoms with E-state index in [2.05, 4.69) is 16.4 Å². The number of hydrogen-bond acceptors (Lipinski definition) is 3. The van der Waals surface area contributed by atoms with Crippen LogP contribution < -0.4 is 10.1 Å². The van der Waals surface area contributed by atoms with E-state index in [1.165, 1.54) is 0 Å². The van der Waals surface area contributed by atoms with E-state index in [1.54, 1.807) is 6.20 Å². The lowest BCUT2D eigenvalue weighted by Gasteiger charge is -2.10. The number of aromatic nitrogens is 1. The fraction of sp³-hybridized carbons (Fsp3) is 0.200. The minimum atomic E-state index is -0.0856. The molecule has 1 heterocycles. The highest BCUT2D eigenvalue weighted by Crippen LogP contribution is 2.21. The quantitative estimate of drug-likeness (QED) is 0.764. The van der Waals surface area contributed by atoms with Crippen molar-refractivity contribution in [2.45, 2.75) is 20.3 Å². The number of carbonyl (C=O) groups is 1. The lowest BCUT2D eigenvalue weighted by atomic mass is 10.1. The molecule has 0 saturated carbocycles. The summed E-state index contributed by atoms with van der Waals surface area (Å²) in [6, 6.07) is 15.6. The van der Waals surface area contributed by atoms with E-state index in [-0.39, 0.29) is 12.3 Å². The first kappa shape index (κ1) is 16.0. The molecule has 1 amide bonds. The molecule has 0 bridgehead atoms. The first-order valence-electron chi connectivity index (χ1n) is 7.96. The molecule has 0 fully saturated rings. The Labute approximate surface area is 141 Å². The molecule has 0 atom stereocenters. The van der Waals surface area contributed by atoms with Crippen LogP contribution in [-0.2, 0) is 4.79 Å². The number of carbonyl (C=O) groups excluding carboxylic acids is 1. The third-order valence-electron chi connectivity index (χ3n) is 3.70. The Morgan fingerprint density at radius 3 is 2.62 bits per heavy atom. The fourth-order valence-electron chi connectivity index (χ4n) is 2.70. The lowest BCUT2D eigenvalue weighted by Crippen LogP contribution is -2.15. The molecular weight excluding hydrogens is 300 g/mol. The van der Waals surface area contributed by atoms with Gasteiger partial charge in [0.05, 0.1) is 24.2 Å². The number of fused-ring (bicyclic) bond motifs is 1. The van der Waals surface area contributed by atoms with Gasteiger partial charge in [-0.15, -0.1) is 0 Å². The highest BCUT2D eigenvalue weighted by molar-refractivity contribution is 6.00. The molecule has 0 saturated heterocycles. The molecule has 24 heavy (non-hydrogen) atoms. The maximum absolute atomic E-state index is 12.2. The standard InChI is InChI=1S/C20H20N2O2/c1-14-11-15(2)13-17(12-14)24-10-8-19(23)22-18-7-3-5-16-6-4-9-21-20(16)18/h3-7,9,11-13H,8,10H2,1-2H3,(H,22,23). The van der Waals surface area contributed by atoms with Crippen LogP contribution in [0.5, 0.6) is 5.75 Å². The zero-order valence-corrected chi connectivity index (χ0v) is 13.9. The molecule has 122 valence electrons. The minimum absolute atomic E-state index is 0.0856. The van der Waals surface area contributed by atoms with Gasteiger partial charge in [-0.3, -0.25) is 9.78 Å². The van der Waals surface area contributed by atoms with Gasteiger partial charge in [0.15, 0.2) is 0 Å². The van der Waals surface area contributed by atoms with Crippen molar-refractivity contribution in [3.8, 4) is 5.75 Å². The molecule has 0 aliphatic carbocycles. The maximum Gasteiger partial charge on any atom is 0.227 e. The number of pyridine rings is 1. The monoisotopic (exact) mass is 320 g/mol. The van der Waals surface area contributed by atoms with Crippen molar-refractivity contribution in [1.29, 1.82) is 0 Å². The third kappa shape index (κ3) is 3.90. The van der Waals surface area contributed by atoms with Gasteiger partial charge in [-0.2, -0.15) is 0 Å². The molecule has 0 aliphatic rings. The fourth-order valence-corrected chi connectivity index (χ4v) is 2.70.